The number of aliphatic hydroxyl groups excluding tert-OH is 1. The van der Waals surface area contributed by atoms with Gasteiger partial charge in [-0.1, -0.05) is 51.5 Å². The zero-order valence-electron chi connectivity index (χ0n) is 25.7. The third-order valence-electron chi connectivity index (χ3n) is 7.20. The molecule has 0 spiro atoms. The molecule has 3 rings (SSSR count). The van der Waals surface area contributed by atoms with E-state index in [2.05, 4.69) is 43.2 Å². The summed E-state index contributed by atoms with van der Waals surface area (Å²) in [6.07, 6.45) is 2.46. The second-order valence-corrected chi connectivity index (χ2v) is 12.1. The number of benzene rings is 2. The summed E-state index contributed by atoms with van der Waals surface area (Å²) in [5.41, 5.74) is 4.26. The normalized spacial score (nSPS) is 16.7. The van der Waals surface area contributed by atoms with Crippen molar-refractivity contribution >= 4 is 35.0 Å². The van der Waals surface area contributed by atoms with E-state index in [0.29, 0.717) is 55.3 Å². The Kier molecular flexibility index (Phi) is 12.7. The largest absolute Gasteiger partial charge is 0.428 e. The molecule has 0 unspecified atom stereocenters. The first-order valence-corrected chi connectivity index (χ1v) is 15.0. The van der Waals surface area contributed by atoms with Crippen molar-refractivity contribution < 1.29 is 29.0 Å². The van der Waals surface area contributed by atoms with Gasteiger partial charge in [-0.3, -0.25) is 9.59 Å². The SMILES string of the molecule is Cc1ccc(NC(=O)Nc2cc(CCC(=O)OCOC(=O)[C@H]3CC[C@H](O)CC3)ccc2N(CC(C)C)CC(C)C)cc1. The fourth-order valence-electron chi connectivity index (χ4n) is 5.09. The molecule has 2 aromatic carbocycles. The molecule has 0 saturated heterocycles. The predicted molar refractivity (Wildman–Crippen MR) is 165 cm³/mol. The van der Waals surface area contributed by atoms with Crippen LogP contribution < -0.4 is 15.5 Å². The second kappa shape index (κ2) is 16.2. The number of nitrogens with zero attached hydrogens (tertiary/aromatic N) is 1. The van der Waals surface area contributed by atoms with Crippen molar-refractivity contribution in [3.05, 3.63) is 53.6 Å². The standard InChI is InChI=1S/C33H47N3O6/c1-22(2)19-36(20-23(3)4)30-16-8-25(18-29(30)35-33(40)34-27-12-6-24(5)7-13-27)9-17-31(38)41-21-42-32(39)26-10-14-28(37)15-11-26/h6-8,12-13,16,18,22-23,26,28,37H,9-11,14-15,17,19-21H2,1-5H3,(H2,34,35,40)/t26-,28-. The van der Waals surface area contributed by atoms with Gasteiger partial charge in [-0.2, -0.15) is 0 Å². The van der Waals surface area contributed by atoms with Crippen molar-refractivity contribution in [1.29, 1.82) is 0 Å². The summed E-state index contributed by atoms with van der Waals surface area (Å²) < 4.78 is 10.3. The minimum atomic E-state index is -0.473. The molecule has 0 aromatic heterocycles. The molecule has 0 atom stereocenters. The van der Waals surface area contributed by atoms with Gasteiger partial charge in [0.25, 0.3) is 0 Å². The minimum Gasteiger partial charge on any atom is -0.428 e. The van der Waals surface area contributed by atoms with E-state index in [9.17, 15) is 19.5 Å². The summed E-state index contributed by atoms with van der Waals surface area (Å²) in [4.78, 5) is 39.9. The Bertz CT molecular complexity index is 1160. The molecule has 0 radical (unpaired) electrons. The maximum atomic E-state index is 13.0. The van der Waals surface area contributed by atoms with Crippen LogP contribution >= 0.6 is 0 Å². The summed E-state index contributed by atoms with van der Waals surface area (Å²) in [7, 11) is 0. The van der Waals surface area contributed by atoms with Crippen LogP contribution in [0.4, 0.5) is 21.9 Å². The van der Waals surface area contributed by atoms with Crippen LogP contribution in [0.5, 0.6) is 0 Å². The summed E-state index contributed by atoms with van der Waals surface area (Å²) in [5, 5.41) is 15.5. The monoisotopic (exact) mass is 581 g/mol. The van der Waals surface area contributed by atoms with Crippen LogP contribution in [0.15, 0.2) is 42.5 Å². The second-order valence-electron chi connectivity index (χ2n) is 12.1. The van der Waals surface area contributed by atoms with Gasteiger partial charge in [0.1, 0.15) is 0 Å². The van der Waals surface area contributed by atoms with Crippen LogP contribution in [0.25, 0.3) is 0 Å². The van der Waals surface area contributed by atoms with Crippen LogP contribution in [0, 0.1) is 24.7 Å². The number of aliphatic hydroxyl groups is 1. The van der Waals surface area contributed by atoms with Crippen molar-refractivity contribution in [2.75, 3.05) is 35.4 Å². The minimum absolute atomic E-state index is 0.100. The molecule has 1 aliphatic carbocycles. The Morgan fingerprint density at radius 1 is 0.905 bits per heavy atom. The number of hydrogen-bond acceptors (Lipinski definition) is 7. The first-order chi connectivity index (χ1) is 20.0. The number of rotatable bonds is 13. The molecular weight excluding hydrogens is 534 g/mol. The van der Waals surface area contributed by atoms with E-state index in [0.717, 1.165) is 29.9 Å². The highest BCUT2D eigenvalue weighted by Crippen LogP contribution is 2.30. The third-order valence-corrected chi connectivity index (χ3v) is 7.20. The maximum Gasteiger partial charge on any atom is 0.323 e. The van der Waals surface area contributed by atoms with Crippen molar-refractivity contribution in [3.8, 4) is 0 Å². The van der Waals surface area contributed by atoms with E-state index in [-0.39, 0.29) is 24.5 Å². The van der Waals surface area contributed by atoms with Crippen LogP contribution in [0.2, 0.25) is 0 Å². The fourth-order valence-corrected chi connectivity index (χ4v) is 5.09. The van der Waals surface area contributed by atoms with Crippen LogP contribution in [-0.4, -0.2) is 49.1 Å². The quantitative estimate of drug-likeness (QED) is 0.188. The highest BCUT2D eigenvalue weighted by Gasteiger charge is 2.26. The van der Waals surface area contributed by atoms with Gasteiger partial charge in [-0.25, -0.2) is 4.79 Å². The molecule has 1 fully saturated rings. The van der Waals surface area contributed by atoms with Crippen molar-refractivity contribution in [3.63, 3.8) is 0 Å². The average molecular weight is 582 g/mol. The number of hydrogen-bond donors (Lipinski definition) is 3. The van der Waals surface area contributed by atoms with E-state index in [1.165, 1.54) is 0 Å². The van der Waals surface area contributed by atoms with Crippen molar-refractivity contribution in [1.82, 2.24) is 0 Å². The molecule has 42 heavy (non-hydrogen) atoms. The van der Waals surface area contributed by atoms with Gasteiger partial charge in [-0.15, -0.1) is 0 Å². The summed E-state index contributed by atoms with van der Waals surface area (Å²) in [5.74, 6) is -0.278. The first kappa shape index (κ1) is 32.9. The lowest BCUT2D eigenvalue weighted by Gasteiger charge is -2.30. The highest BCUT2D eigenvalue weighted by molar-refractivity contribution is 6.02. The number of nitrogens with one attached hydrogen (secondary N) is 2. The fraction of sp³-hybridized carbons (Fsp3) is 0.545. The third kappa shape index (κ3) is 11.0. The highest BCUT2D eigenvalue weighted by atomic mass is 16.7. The number of anilines is 3. The van der Waals surface area contributed by atoms with Crippen LogP contribution in [-0.2, 0) is 25.5 Å². The topological polar surface area (TPSA) is 117 Å². The van der Waals surface area contributed by atoms with Crippen molar-refractivity contribution in [2.24, 2.45) is 17.8 Å². The Labute approximate surface area is 250 Å². The maximum absolute atomic E-state index is 13.0. The van der Waals surface area contributed by atoms with Crippen LogP contribution in [0.3, 0.4) is 0 Å². The van der Waals surface area contributed by atoms with Gasteiger partial charge >= 0.3 is 18.0 Å². The van der Waals surface area contributed by atoms with Gasteiger partial charge in [0.15, 0.2) is 0 Å². The van der Waals surface area contributed by atoms with E-state index in [1.807, 2.05) is 49.4 Å². The number of carbonyl (C=O) groups excluding carboxylic acids is 3. The van der Waals surface area contributed by atoms with Crippen LogP contribution in [0.1, 0.15) is 70.9 Å². The number of urea groups is 1. The van der Waals surface area contributed by atoms with Gasteiger partial charge in [0.05, 0.1) is 23.4 Å². The van der Waals surface area contributed by atoms with Gasteiger partial charge < -0.3 is 30.1 Å². The van der Waals surface area contributed by atoms with E-state index in [4.69, 9.17) is 9.47 Å². The molecule has 1 aliphatic rings. The molecule has 230 valence electrons. The molecule has 1 saturated carbocycles. The van der Waals surface area contributed by atoms with E-state index < -0.39 is 18.7 Å². The Morgan fingerprint density at radius 2 is 1.55 bits per heavy atom. The lowest BCUT2D eigenvalue weighted by Crippen LogP contribution is -2.32. The zero-order valence-corrected chi connectivity index (χ0v) is 25.7. The zero-order chi connectivity index (χ0) is 30.6. The molecule has 2 aromatic rings. The molecule has 9 nitrogen and oxygen atoms in total. The lowest BCUT2D eigenvalue weighted by atomic mass is 9.88. The number of carbonyl (C=O) groups is 3. The molecule has 9 heteroatoms. The van der Waals surface area contributed by atoms with E-state index >= 15 is 0 Å². The number of ether oxygens (including phenoxy) is 2. The van der Waals surface area contributed by atoms with Gasteiger partial charge in [0.2, 0.25) is 6.79 Å². The van der Waals surface area contributed by atoms with Gasteiger partial charge in [-0.05, 0) is 80.7 Å². The predicted octanol–water partition coefficient (Wildman–Crippen LogP) is 6.29. The molecule has 2 amide bonds. The lowest BCUT2D eigenvalue weighted by molar-refractivity contribution is -0.171. The molecule has 3 N–H and O–H groups in total. The van der Waals surface area contributed by atoms with E-state index in [1.54, 1.807) is 0 Å². The smallest absolute Gasteiger partial charge is 0.323 e. The molecular formula is C33H47N3O6. The Morgan fingerprint density at radius 3 is 2.17 bits per heavy atom. The van der Waals surface area contributed by atoms with Crippen molar-refractivity contribution in [2.45, 2.75) is 79.2 Å². The number of amides is 2. The Balaban J connectivity index is 1.64. The summed E-state index contributed by atoms with van der Waals surface area (Å²) in [6, 6.07) is 13.1. The Hall–Kier alpha value is -3.59. The summed E-state index contributed by atoms with van der Waals surface area (Å²) >= 11 is 0. The average Bonchev–Trinajstić information content (AvgIpc) is 2.92. The molecule has 0 heterocycles. The first-order valence-electron chi connectivity index (χ1n) is 15.0. The number of esters is 2. The molecule has 0 aliphatic heterocycles. The molecule has 0 bridgehead atoms. The van der Waals surface area contributed by atoms with Gasteiger partial charge in [0, 0.05) is 25.2 Å². The summed E-state index contributed by atoms with van der Waals surface area (Å²) in [6.45, 7) is 11.9. The number of aryl methyl sites for hydroxylation is 2.